The van der Waals surface area contributed by atoms with E-state index in [4.69, 9.17) is 0 Å². The van der Waals surface area contributed by atoms with E-state index in [1.165, 1.54) is 19.3 Å². The lowest BCUT2D eigenvalue weighted by molar-refractivity contribution is 0.306. The van der Waals surface area contributed by atoms with E-state index in [1.54, 1.807) is 12.1 Å². The Kier molecular flexibility index (Phi) is 4.16. The number of rotatable bonds is 4. The molecule has 0 aromatic heterocycles. The number of benzene rings is 1. The molecule has 2 heteroatoms. The molecule has 0 radical (unpaired) electrons. The summed E-state index contributed by atoms with van der Waals surface area (Å²) < 4.78 is 13.6. The van der Waals surface area contributed by atoms with Crippen LogP contribution in [-0.4, -0.2) is 13.1 Å². The Hall–Kier alpha value is -0.890. The first-order valence-corrected chi connectivity index (χ1v) is 6.63. The van der Waals surface area contributed by atoms with Gasteiger partial charge in [-0.05, 0) is 43.4 Å². The second-order valence-electron chi connectivity index (χ2n) is 5.26. The lowest BCUT2D eigenvalue weighted by Crippen LogP contribution is -2.37. The molecule has 1 aliphatic rings. The highest BCUT2D eigenvalue weighted by Crippen LogP contribution is 2.34. The van der Waals surface area contributed by atoms with Crippen LogP contribution >= 0.6 is 0 Å². The van der Waals surface area contributed by atoms with Crippen LogP contribution in [0.1, 0.15) is 31.7 Å². The molecule has 17 heavy (non-hydrogen) atoms. The van der Waals surface area contributed by atoms with Crippen molar-refractivity contribution in [3.8, 4) is 0 Å². The SMILES string of the molecule is CNC(Cc1ccccc1F)C1CCCC1C. The smallest absolute Gasteiger partial charge is 0.126 e. The second kappa shape index (κ2) is 5.63. The Morgan fingerprint density at radius 2 is 2.12 bits per heavy atom. The van der Waals surface area contributed by atoms with Crippen molar-refractivity contribution in [2.75, 3.05) is 7.05 Å². The number of hydrogen-bond acceptors (Lipinski definition) is 1. The monoisotopic (exact) mass is 235 g/mol. The van der Waals surface area contributed by atoms with Gasteiger partial charge in [-0.15, -0.1) is 0 Å². The largest absolute Gasteiger partial charge is 0.316 e. The van der Waals surface area contributed by atoms with Crippen LogP contribution in [0.2, 0.25) is 0 Å². The van der Waals surface area contributed by atoms with Crippen molar-refractivity contribution in [2.24, 2.45) is 11.8 Å². The maximum atomic E-state index is 13.6. The van der Waals surface area contributed by atoms with Crippen molar-refractivity contribution in [1.29, 1.82) is 0 Å². The normalized spacial score (nSPS) is 26.1. The van der Waals surface area contributed by atoms with Crippen molar-refractivity contribution in [3.05, 3.63) is 35.6 Å². The van der Waals surface area contributed by atoms with Gasteiger partial charge in [0.2, 0.25) is 0 Å². The Bertz CT molecular complexity index is 364. The summed E-state index contributed by atoms with van der Waals surface area (Å²) in [5.41, 5.74) is 0.839. The molecular formula is C15H22FN. The van der Waals surface area contributed by atoms with Crippen molar-refractivity contribution < 1.29 is 4.39 Å². The van der Waals surface area contributed by atoms with Crippen LogP contribution < -0.4 is 5.32 Å². The molecule has 1 fully saturated rings. The minimum atomic E-state index is -0.0709. The Morgan fingerprint density at radius 1 is 1.35 bits per heavy atom. The Labute approximate surface area is 103 Å². The molecule has 0 spiro atoms. The van der Waals surface area contributed by atoms with E-state index in [0.29, 0.717) is 12.0 Å². The van der Waals surface area contributed by atoms with Gasteiger partial charge in [0.1, 0.15) is 5.82 Å². The average molecular weight is 235 g/mol. The van der Waals surface area contributed by atoms with Gasteiger partial charge in [-0.25, -0.2) is 4.39 Å². The molecule has 3 atom stereocenters. The van der Waals surface area contributed by atoms with Crippen LogP contribution in [0.4, 0.5) is 4.39 Å². The maximum absolute atomic E-state index is 13.6. The van der Waals surface area contributed by atoms with Crippen molar-refractivity contribution >= 4 is 0 Å². The van der Waals surface area contributed by atoms with Crippen LogP contribution in [0, 0.1) is 17.7 Å². The molecule has 94 valence electrons. The number of likely N-dealkylation sites (N-methyl/N-ethyl adjacent to an activating group) is 1. The first-order chi connectivity index (χ1) is 8.22. The molecule has 1 aliphatic carbocycles. The van der Waals surface area contributed by atoms with Gasteiger partial charge in [-0.1, -0.05) is 38.0 Å². The van der Waals surface area contributed by atoms with Gasteiger partial charge >= 0.3 is 0 Å². The number of halogens is 1. The highest BCUT2D eigenvalue weighted by atomic mass is 19.1. The van der Waals surface area contributed by atoms with E-state index in [-0.39, 0.29) is 5.82 Å². The average Bonchev–Trinajstić information content (AvgIpc) is 2.75. The van der Waals surface area contributed by atoms with Crippen molar-refractivity contribution in [3.63, 3.8) is 0 Å². The summed E-state index contributed by atoms with van der Waals surface area (Å²) in [6, 6.07) is 7.54. The third-order valence-corrected chi connectivity index (χ3v) is 4.21. The summed E-state index contributed by atoms with van der Waals surface area (Å²) in [5.74, 6) is 1.39. The molecule has 1 nitrogen and oxygen atoms in total. The molecule has 0 aliphatic heterocycles. The van der Waals surface area contributed by atoms with Gasteiger partial charge in [-0.3, -0.25) is 0 Å². The molecule has 1 saturated carbocycles. The summed E-state index contributed by atoms with van der Waals surface area (Å²) in [7, 11) is 2.00. The van der Waals surface area contributed by atoms with Crippen LogP contribution in [0.25, 0.3) is 0 Å². The number of hydrogen-bond donors (Lipinski definition) is 1. The fraction of sp³-hybridized carbons (Fsp3) is 0.600. The summed E-state index contributed by atoms with van der Waals surface area (Å²) in [6.07, 6.45) is 4.72. The number of nitrogens with one attached hydrogen (secondary N) is 1. The molecule has 0 amide bonds. The molecule has 1 N–H and O–H groups in total. The van der Waals surface area contributed by atoms with Gasteiger partial charge in [0.25, 0.3) is 0 Å². The predicted molar refractivity (Wildman–Crippen MR) is 69.5 cm³/mol. The van der Waals surface area contributed by atoms with E-state index in [1.807, 2.05) is 19.2 Å². The zero-order valence-corrected chi connectivity index (χ0v) is 10.7. The van der Waals surface area contributed by atoms with E-state index in [0.717, 1.165) is 17.9 Å². The zero-order chi connectivity index (χ0) is 12.3. The molecule has 2 rings (SSSR count). The van der Waals surface area contributed by atoms with Crippen molar-refractivity contribution in [1.82, 2.24) is 5.32 Å². The summed E-state index contributed by atoms with van der Waals surface area (Å²) >= 11 is 0. The molecule has 1 aromatic rings. The topological polar surface area (TPSA) is 12.0 Å². The zero-order valence-electron chi connectivity index (χ0n) is 10.7. The maximum Gasteiger partial charge on any atom is 0.126 e. The van der Waals surface area contributed by atoms with Crippen LogP contribution in [0.3, 0.4) is 0 Å². The fourth-order valence-electron chi connectivity index (χ4n) is 3.14. The summed E-state index contributed by atoms with van der Waals surface area (Å²) in [6.45, 7) is 2.32. The van der Waals surface area contributed by atoms with Gasteiger partial charge < -0.3 is 5.32 Å². The van der Waals surface area contributed by atoms with Gasteiger partial charge in [0, 0.05) is 6.04 Å². The van der Waals surface area contributed by atoms with Crippen LogP contribution in [0.15, 0.2) is 24.3 Å². The van der Waals surface area contributed by atoms with Gasteiger partial charge in [0.15, 0.2) is 0 Å². The standard InChI is InChI=1S/C15H22FN/c1-11-6-5-8-13(11)15(17-2)10-12-7-3-4-9-14(12)16/h3-4,7,9,11,13,15,17H,5-6,8,10H2,1-2H3. The van der Waals surface area contributed by atoms with Crippen LogP contribution in [0.5, 0.6) is 0 Å². The van der Waals surface area contributed by atoms with E-state index in [9.17, 15) is 4.39 Å². The third-order valence-electron chi connectivity index (χ3n) is 4.21. The fourth-order valence-corrected chi connectivity index (χ4v) is 3.14. The molecule has 0 heterocycles. The molecule has 0 saturated heterocycles. The predicted octanol–water partition coefficient (Wildman–Crippen LogP) is 3.39. The molecule has 3 unspecified atom stereocenters. The molecular weight excluding hydrogens is 213 g/mol. The third kappa shape index (κ3) is 2.86. The lowest BCUT2D eigenvalue weighted by atomic mass is 9.86. The highest BCUT2D eigenvalue weighted by Gasteiger charge is 2.30. The molecule has 1 aromatic carbocycles. The minimum absolute atomic E-state index is 0.0709. The van der Waals surface area contributed by atoms with Crippen molar-refractivity contribution in [2.45, 2.75) is 38.6 Å². The first kappa shape index (κ1) is 12.6. The minimum Gasteiger partial charge on any atom is -0.316 e. The summed E-state index contributed by atoms with van der Waals surface area (Å²) in [4.78, 5) is 0. The van der Waals surface area contributed by atoms with Crippen LogP contribution in [-0.2, 0) is 6.42 Å². The second-order valence-corrected chi connectivity index (χ2v) is 5.26. The first-order valence-electron chi connectivity index (χ1n) is 6.63. The summed E-state index contributed by atoms with van der Waals surface area (Å²) in [5, 5.41) is 3.38. The lowest BCUT2D eigenvalue weighted by Gasteiger charge is -2.26. The molecule has 0 bridgehead atoms. The van der Waals surface area contributed by atoms with E-state index < -0.39 is 0 Å². The van der Waals surface area contributed by atoms with Gasteiger partial charge in [-0.2, -0.15) is 0 Å². The quantitative estimate of drug-likeness (QED) is 0.843. The van der Waals surface area contributed by atoms with E-state index >= 15 is 0 Å². The van der Waals surface area contributed by atoms with Gasteiger partial charge in [0.05, 0.1) is 0 Å². The Morgan fingerprint density at radius 3 is 2.71 bits per heavy atom. The highest BCUT2D eigenvalue weighted by molar-refractivity contribution is 5.18. The Balaban J connectivity index is 2.07. The van der Waals surface area contributed by atoms with E-state index in [2.05, 4.69) is 12.2 Å².